The number of rotatable bonds is 59. The number of unbranched alkanes of at least 4 members (excludes halogenated alkanes) is 35. The lowest BCUT2D eigenvalue weighted by Gasteiger charge is -2.40. The summed E-state index contributed by atoms with van der Waals surface area (Å²) in [5.41, 5.74) is 0. The summed E-state index contributed by atoms with van der Waals surface area (Å²) in [6.45, 7) is 3.67. The predicted octanol–water partition coefficient (Wildman–Crippen LogP) is 18.7. The Bertz CT molecular complexity index is 1620. The zero-order valence-electron chi connectivity index (χ0n) is 53.0. The molecule has 7 atom stereocenters. The molecular formula is C73H129NO8. The summed E-state index contributed by atoms with van der Waals surface area (Å²) in [7, 11) is 0. The van der Waals surface area contributed by atoms with Gasteiger partial charge in [-0.25, -0.2) is 0 Å². The summed E-state index contributed by atoms with van der Waals surface area (Å²) in [5, 5.41) is 54.7. The van der Waals surface area contributed by atoms with Gasteiger partial charge in [0.15, 0.2) is 6.29 Å². The topological polar surface area (TPSA) is 149 Å². The van der Waals surface area contributed by atoms with Gasteiger partial charge in [0.25, 0.3) is 0 Å². The molecule has 7 unspecified atom stereocenters. The Labute approximate surface area is 504 Å². The first-order valence-electron chi connectivity index (χ1n) is 34.5. The number of hydrogen-bond acceptors (Lipinski definition) is 8. The van der Waals surface area contributed by atoms with E-state index in [0.29, 0.717) is 6.42 Å². The highest BCUT2D eigenvalue weighted by molar-refractivity contribution is 5.76. The van der Waals surface area contributed by atoms with E-state index in [0.717, 1.165) is 77.0 Å². The highest BCUT2D eigenvalue weighted by atomic mass is 16.7. The van der Waals surface area contributed by atoms with E-state index >= 15 is 0 Å². The maximum atomic E-state index is 13.1. The van der Waals surface area contributed by atoms with E-state index in [1.807, 2.05) is 6.08 Å². The number of carbonyl (C=O) groups is 1. The number of carbonyl (C=O) groups excluding carboxylic acids is 1. The molecule has 474 valence electrons. The monoisotopic (exact) mass is 1150 g/mol. The predicted molar refractivity (Wildman–Crippen MR) is 350 cm³/mol. The fraction of sp³-hybridized carbons (Fsp3) is 0.767. The number of amides is 1. The van der Waals surface area contributed by atoms with Gasteiger partial charge in [0.1, 0.15) is 24.4 Å². The van der Waals surface area contributed by atoms with Gasteiger partial charge in [-0.15, -0.1) is 0 Å². The van der Waals surface area contributed by atoms with Crippen LogP contribution >= 0.6 is 0 Å². The van der Waals surface area contributed by atoms with Crippen molar-refractivity contribution in [1.82, 2.24) is 5.32 Å². The third-order valence-corrected chi connectivity index (χ3v) is 15.9. The van der Waals surface area contributed by atoms with Gasteiger partial charge in [-0.2, -0.15) is 0 Å². The van der Waals surface area contributed by atoms with Crippen LogP contribution in [0, 0.1) is 0 Å². The molecule has 82 heavy (non-hydrogen) atoms. The Hall–Kier alpha value is -2.89. The van der Waals surface area contributed by atoms with Crippen molar-refractivity contribution in [2.45, 2.75) is 346 Å². The van der Waals surface area contributed by atoms with Gasteiger partial charge in [-0.3, -0.25) is 4.79 Å². The number of aliphatic hydroxyl groups is 5. The molecule has 1 aliphatic rings. The summed E-state index contributed by atoms with van der Waals surface area (Å²) in [5.74, 6) is -0.190. The molecule has 1 heterocycles. The Balaban J connectivity index is 2.17. The van der Waals surface area contributed by atoms with Gasteiger partial charge in [-0.1, -0.05) is 304 Å². The molecule has 1 saturated heterocycles. The molecule has 1 aliphatic heterocycles. The van der Waals surface area contributed by atoms with Crippen LogP contribution in [-0.2, 0) is 14.3 Å². The van der Waals surface area contributed by atoms with E-state index in [1.165, 1.54) is 205 Å². The number of allylic oxidation sites excluding steroid dienone is 15. The van der Waals surface area contributed by atoms with E-state index in [4.69, 9.17) is 9.47 Å². The van der Waals surface area contributed by atoms with Gasteiger partial charge in [0.05, 0.1) is 25.4 Å². The average Bonchev–Trinajstić information content (AvgIpc) is 3.57. The number of hydrogen-bond donors (Lipinski definition) is 6. The second kappa shape index (κ2) is 61.2. The third-order valence-electron chi connectivity index (χ3n) is 15.9. The van der Waals surface area contributed by atoms with Crippen molar-refractivity contribution in [1.29, 1.82) is 0 Å². The zero-order valence-corrected chi connectivity index (χ0v) is 53.0. The first-order valence-corrected chi connectivity index (χ1v) is 34.5. The van der Waals surface area contributed by atoms with Gasteiger partial charge in [-0.05, 0) is 89.9 Å². The standard InChI is InChI=1S/C73H129NO8/c1-3-5-7-9-11-13-15-17-19-21-23-25-27-29-31-32-33-34-35-36-37-39-41-43-45-47-49-51-53-55-57-59-61-63-69(77)74-66(65-81-73-72(80)71(79)70(78)68(64-75)82-73)67(76)62-60-58-56-54-52-50-48-46-44-42-40-38-30-28-26-24-22-20-18-16-14-12-10-8-6-4-2/h5,7,11,13,17,19,23,25,29,31,44,46,52,54,60,62,66-68,70-73,75-76,78-80H,3-4,6,8-10,12,14-16,18,20-22,24,26-28,30,32-43,45,47-51,53,55-59,61,63-65H2,1-2H3,(H,74,77)/b7-5-,13-11-,19-17-,25-23-,31-29-,46-44+,54-52+,62-60+. The van der Waals surface area contributed by atoms with Gasteiger partial charge in [0.2, 0.25) is 5.91 Å². The third kappa shape index (κ3) is 49.4. The summed E-state index contributed by atoms with van der Waals surface area (Å²) in [4.78, 5) is 13.1. The zero-order chi connectivity index (χ0) is 59.3. The van der Waals surface area contributed by atoms with Crippen molar-refractivity contribution < 1.29 is 39.8 Å². The second-order valence-corrected chi connectivity index (χ2v) is 23.6. The smallest absolute Gasteiger partial charge is 0.220 e. The van der Waals surface area contributed by atoms with Gasteiger partial charge >= 0.3 is 0 Å². The Morgan fingerprint density at radius 3 is 1.17 bits per heavy atom. The van der Waals surface area contributed by atoms with Crippen LogP contribution < -0.4 is 5.32 Å². The minimum atomic E-state index is -1.58. The minimum absolute atomic E-state index is 0.190. The molecule has 9 heteroatoms. The molecule has 0 aromatic rings. The first kappa shape index (κ1) is 77.1. The van der Waals surface area contributed by atoms with Crippen LogP contribution in [0.5, 0.6) is 0 Å². The van der Waals surface area contributed by atoms with Crippen LogP contribution in [-0.4, -0.2) is 87.5 Å². The fourth-order valence-electron chi connectivity index (χ4n) is 10.5. The molecule has 0 radical (unpaired) electrons. The molecule has 0 aromatic heterocycles. The molecule has 0 aromatic carbocycles. The van der Waals surface area contributed by atoms with E-state index < -0.39 is 49.5 Å². The highest BCUT2D eigenvalue weighted by Gasteiger charge is 2.44. The summed E-state index contributed by atoms with van der Waals surface area (Å²) in [6, 6.07) is -0.834. The van der Waals surface area contributed by atoms with Crippen LogP contribution in [0.1, 0.15) is 303 Å². The lowest BCUT2D eigenvalue weighted by molar-refractivity contribution is -0.302. The van der Waals surface area contributed by atoms with Crippen molar-refractivity contribution in [3.05, 3.63) is 97.2 Å². The SMILES string of the molecule is CC/C=C\C/C=C\C/C=C\C/C=C\C/C=C\CCCCCCCCCCCCCCCCCCCC(=O)NC(COC1OC(CO)C(O)C(O)C1O)C(O)/C=C/CC/C=C/CC/C=C/CCCCCCCCCCCCCCCCCC. The van der Waals surface area contributed by atoms with Crippen LogP contribution in [0.4, 0.5) is 0 Å². The van der Waals surface area contributed by atoms with Gasteiger partial charge < -0.3 is 40.3 Å². The summed E-state index contributed by atoms with van der Waals surface area (Å²) >= 11 is 0. The van der Waals surface area contributed by atoms with Crippen molar-refractivity contribution in [3.63, 3.8) is 0 Å². The minimum Gasteiger partial charge on any atom is -0.394 e. The summed E-state index contributed by atoms with van der Waals surface area (Å²) < 4.78 is 11.3. The molecule has 1 rings (SSSR count). The van der Waals surface area contributed by atoms with Crippen LogP contribution in [0.25, 0.3) is 0 Å². The number of ether oxygens (including phenoxy) is 2. The van der Waals surface area contributed by atoms with E-state index in [2.05, 4.69) is 104 Å². The van der Waals surface area contributed by atoms with Crippen molar-refractivity contribution in [2.24, 2.45) is 0 Å². The summed E-state index contributed by atoms with van der Waals surface area (Å²) in [6.07, 6.45) is 82.2. The van der Waals surface area contributed by atoms with Crippen LogP contribution in [0.2, 0.25) is 0 Å². The molecule has 0 spiro atoms. The molecule has 1 amide bonds. The van der Waals surface area contributed by atoms with Gasteiger partial charge in [0, 0.05) is 6.42 Å². The molecule has 6 N–H and O–H groups in total. The normalized spacial score (nSPS) is 18.9. The first-order chi connectivity index (χ1) is 40.3. The quantitative estimate of drug-likeness (QED) is 0.0261. The largest absolute Gasteiger partial charge is 0.394 e. The maximum Gasteiger partial charge on any atom is 0.220 e. The number of aliphatic hydroxyl groups excluding tert-OH is 5. The highest BCUT2D eigenvalue weighted by Crippen LogP contribution is 2.23. The molecular weight excluding hydrogens is 1020 g/mol. The van der Waals surface area contributed by atoms with E-state index in [-0.39, 0.29) is 12.5 Å². The van der Waals surface area contributed by atoms with Crippen LogP contribution in [0.3, 0.4) is 0 Å². The number of nitrogens with one attached hydrogen (secondary N) is 1. The molecule has 0 bridgehead atoms. The van der Waals surface area contributed by atoms with Crippen LogP contribution in [0.15, 0.2) is 97.2 Å². The Morgan fingerprint density at radius 2 is 0.768 bits per heavy atom. The maximum absolute atomic E-state index is 13.1. The molecule has 0 aliphatic carbocycles. The Morgan fingerprint density at radius 1 is 0.427 bits per heavy atom. The van der Waals surface area contributed by atoms with Crippen molar-refractivity contribution >= 4 is 5.91 Å². The van der Waals surface area contributed by atoms with E-state index in [9.17, 15) is 30.3 Å². The Kier molecular flexibility index (Phi) is 57.6. The average molecular weight is 1150 g/mol. The molecule has 0 saturated carbocycles. The lowest BCUT2D eigenvalue weighted by atomic mass is 9.99. The second-order valence-electron chi connectivity index (χ2n) is 23.6. The molecule has 1 fully saturated rings. The van der Waals surface area contributed by atoms with E-state index in [1.54, 1.807) is 6.08 Å². The van der Waals surface area contributed by atoms with Crippen molar-refractivity contribution in [3.8, 4) is 0 Å². The molecule has 9 nitrogen and oxygen atoms in total. The van der Waals surface area contributed by atoms with Crippen molar-refractivity contribution in [2.75, 3.05) is 13.2 Å². The fourth-order valence-corrected chi connectivity index (χ4v) is 10.5. The lowest BCUT2D eigenvalue weighted by Crippen LogP contribution is -2.60.